The highest BCUT2D eigenvalue weighted by Crippen LogP contribution is 2.34. The molecule has 7 nitrogen and oxygen atoms in total. The first-order valence-electron chi connectivity index (χ1n) is 7.68. The van der Waals surface area contributed by atoms with Crippen molar-refractivity contribution in [3.05, 3.63) is 27.8 Å². The van der Waals surface area contributed by atoms with Crippen LogP contribution < -0.4 is 10.1 Å². The second-order valence-corrected chi connectivity index (χ2v) is 13.3. The summed E-state index contributed by atoms with van der Waals surface area (Å²) < 4.78 is 10.5. The Morgan fingerprint density at radius 1 is 1.29 bits per heavy atom. The standard InChI is InChI=1S/C16H26N2O5Si/c1-16(2,3)23-15(19)17-12-9-13(18(20)21)11(8-14(12)22-4)10-24(5,6)7/h8-9H,10H2,1-7H3,(H,17,19). The number of anilines is 1. The Morgan fingerprint density at radius 3 is 2.29 bits per heavy atom. The van der Waals surface area contributed by atoms with Crippen LogP contribution in [0.25, 0.3) is 0 Å². The van der Waals surface area contributed by atoms with Crippen LogP contribution in [0.15, 0.2) is 12.1 Å². The minimum atomic E-state index is -1.56. The number of rotatable bonds is 5. The van der Waals surface area contributed by atoms with Gasteiger partial charge in [0.1, 0.15) is 11.4 Å². The molecule has 0 saturated carbocycles. The summed E-state index contributed by atoms with van der Waals surface area (Å²) in [7, 11) is -0.106. The van der Waals surface area contributed by atoms with E-state index in [1.54, 1.807) is 26.8 Å². The largest absolute Gasteiger partial charge is 0.495 e. The Kier molecular flexibility index (Phi) is 5.99. The first-order valence-corrected chi connectivity index (χ1v) is 11.4. The number of amides is 1. The van der Waals surface area contributed by atoms with Gasteiger partial charge >= 0.3 is 6.09 Å². The molecule has 1 amide bonds. The highest BCUT2D eigenvalue weighted by Gasteiger charge is 2.25. The van der Waals surface area contributed by atoms with Gasteiger partial charge in [0.25, 0.3) is 5.69 Å². The lowest BCUT2D eigenvalue weighted by Crippen LogP contribution is -2.27. The van der Waals surface area contributed by atoms with Crippen molar-refractivity contribution in [2.75, 3.05) is 12.4 Å². The fourth-order valence-corrected chi connectivity index (χ4v) is 3.60. The number of carbonyl (C=O) groups is 1. The van der Waals surface area contributed by atoms with Gasteiger partial charge < -0.3 is 9.47 Å². The van der Waals surface area contributed by atoms with Crippen molar-refractivity contribution in [3.8, 4) is 5.75 Å². The van der Waals surface area contributed by atoms with Gasteiger partial charge in [0, 0.05) is 19.7 Å². The molecule has 0 atom stereocenters. The van der Waals surface area contributed by atoms with Crippen LogP contribution in [0.2, 0.25) is 19.6 Å². The molecule has 8 heteroatoms. The summed E-state index contributed by atoms with van der Waals surface area (Å²) in [4.78, 5) is 22.9. The van der Waals surface area contributed by atoms with Crippen LogP contribution in [0.5, 0.6) is 5.75 Å². The molecule has 1 aromatic rings. The third kappa shape index (κ3) is 6.19. The molecule has 1 N–H and O–H groups in total. The summed E-state index contributed by atoms with van der Waals surface area (Å²) in [5.41, 5.74) is 0.147. The highest BCUT2D eigenvalue weighted by atomic mass is 28.3. The van der Waals surface area contributed by atoms with Crippen LogP contribution in [0.4, 0.5) is 16.2 Å². The van der Waals surface area contributed by atoms with Crippen molar-refractivity contribution < 1.29 is 19.2 Å². The molecule has 0 saturated heterocycles. The molecule has 24 heavy (non-hydrogen) atoms. The van der Waals surface area contributed by atoms with Crippen LogP contribution in [0, 0.1) is 10.1 Å². The van der Waals surface area contributed by atoms with Crippen molar-refractivity contribution in [3.63, 3.8) is 0 Å². The molecule has 0 fully saturated rings. The molecule has 0 bridgehead atoms. The van der Waals surface area contributed by atoms with E-state index in [1.165, 1.54) is 13.2 Å². The number of benzene rings is 1. The maximum absolute atomic E-state index is 11.9. The third-order valence-electron chi connectivity index (χ3n) is 2.95. The molecule has 0 aliphatic rings. The lowest BCUT2D eigenvalue weighted by molar-refractivity contribution is -0.385. The van der Waals surface area contributed by atoms with E-state index in [-0.39, 0.29) is 11.4 Å². The minimum absolute atomic E-state index is 0.0238. The zero-order valence-electron chi connectivity index (χ0n) is 15.4. The number of hydrogen-bond acceptors (Lipinski definition) is 5. The lowest BCUT2D eigenvalue weighted by atomic mass is 10.1. The Bertz CT molecular complexity index is 633. The summed E-state index contributed by atoms with van der Waals surface area (Å²) >= 11 is 0. The van der Waals surface area contributed by atoms with Crippen molar-refractivity contribution in [2.45, 2.75) is 52.1 Å². The number of carbonyl (C=O) groups excluding carboxylic acids is 1. The second-order valence-electron chi connectivity index (χ2n) is 7.80. The van der Waals surface area contributed by atoms with E-state index in [0.29, 0.717) is 17.4 Å². The summed E-state index contributed by atoms with van der Waals surface area (Å²) in [6, 6.07) is 3.60. The van der Waals surface area contributed by atoms with Gasteiger partial charge in [-0.05, 0) is 32.9 Å². The van der Waals surface area contributed by atoms with E-state index in [0.717, 1.165) is 0 Å². The van der Waals surface area contributed by atoms with Crippen LogP contribution in [0.3, 0.4) is 0 Å². The number of hydrogen-bond donors (Lipinski definition) is 1. The van der Waals surface area contributed by atoms with Gasteiger partial charge in [0.05, 0.1) is 17.7 Å². The molecule has 0 radical (unpaired) electrons. The molecule has 0 spiro atoms. The highest BCUT2D eigenvalue weighted by molar-refractivity contribution is 6.75. The molecule has 1 rings (SSSR count). The van der Waals surface area contributed by atoms with Gasteiger partial charge in [0.15, 0.2) is 0 Å². The van der Waals surface area contributed by atoms with E-state index >= 15 is 0 Å². The SMILES string of the molecule is COc1cc(C[Si](C)(C)C)c([N+](=O)[O-])cc1NC(=O)OC(C)(C)C. The van der Waals surface area contributed by atoms with Crippen LogP contribution in [-0.2, 0) is 10.8 Å². The van der Waals surface area contributed by atoms with Crippen LogP contribution >= 0.6 is 0 Å². The van der Waals surface area contributed by atoms with Gasteiger partial charge in [-0.3, -0.25) is 15.4 Å². The molecule has 0 aliphatic heterocycles. The average Bonchev–Trinajstić information content (AvgIpc) is 2.35. The quantitative estimate of drug-likeness (QED) is 0.481. The van der Waals surface area contributed by atoms with Crippen LogP contribution in [0.1, 0.15) is 26.3 Å². The van der Waals surface area contributed by atoms with Crippen molar-refractivity contribution in [1.82, 2.24) is 0 Å². The number of methoxy groups -OCH3 is 1. The van der Waals surface area contributed by atoms with Crippen molar-refractivity contribution in [2.24, 2.45) is 0 Å². The second kappa shape index (κ2) is 7.21. The zero-order valence-corrected chi connectivity index (χ0v) is 16.4. The predicted molar refractivity (Wildman–Crippen MR) is 96.6 cm³/mol. The molecule has 0 aromatic heterocycles. The summed E-state index contributed by atoms with van der Waals surface area (Å²) in [5.74, 6) is 0.375. The lowest BCUT2D eigenvalue weighted by Gasteiger charge is -2.21. The summed E-state index contributed by atoms with van der Waals surface area (Å²) in [6.07, 6.45) is -0.687. The first-order chi connectivity index (χ1) is 10.8. The Morgan fingerprint density at radius 2 is 1.88 bits per heavy atom. The Labute approximate surface area is 143 Å². The van der Waals surface area contributed by atoms with E-state index in [4.69, 9.17) is 9.47 Å². The van der Waals surface area contributed by atoms with E-state index < -0.39 is 24.7 Å². The third-order valence-corrected chi connectivity index (χ3v) is 4.40. The normalized spacial score (nSPS) is 11.8. The van der Waals surface area contributed by atoms with E-state index in [9.17, 15) is 14.9 Å². The first kappa shape index (κ1) is 20.0. The van der Waals surface area contributed by atoms with Crippen molar-refractivity contribution in [1.29, 1.82) is 0 Å². The van der Waals surface area contributed by atoms with Gasteiger partial charge in [-0.2, -0.15) is 0 Å². The van der Waals surface area contributed by atoms with Gasteiger partial charge in [0.2, 0.25) is 0 Å². The monoisotopic (exact) mass is 354 g/mol. The Balaban J connectivity index is 3.24. The number of ether oxygens (including phenoxy) is 2. The molecule has 0 aliphatic carbocycles. The number of nitrogens with one attached hydrogen (secondary N) is 1. The van der Waals surface area contributed by atoms with E-state index in [1.807, 2.05) is 0 Å². The van der Waals surface area contributed by atoms with Gasteiger partial charge in [-0.15, -0.1) is 0 Å². The number of nitrogens with zero attached hydrogens (tertiary/aromatic N) is 1. The molecule has 0 unspecified atom stereocenters. The summed E-state index contributed by atoms with van der Waals surface area (Å²) in [5, 5.41) is 13.9. The maximum Gasteiger partial charge on any atom is 0.412 e. The molecule has 1 aromatic carbocycles. The predicted octanol–water partition coefficient (Wildman–Crippen LogP) is 4.37. The fourth-order valence-electron chi connectivity index (χ4n) is 2.17. The number of nitro groups is 1. The molecule has 134 valence electrons. The zero-order chi connectivity index (χ0) is 18.7. The van der Waals surface area contributed by atoms with E-state index in [2.05, 4.69) is 25.0 Å². The van der Waals surface area contributed by atoms with Gasteiger partial charge in [-0.1, -0.05) is 19.6 Å². The maximum atomic E-state index is 11.9. The molecular formula is C16H26N2O5Si. The topological polar surface area (TPSA) is 90.7 Å². The summed E-state index contributed by atoms with van der Waals surface area (Å²) in [6.45, 7) is 11.6. The fraction of sp³-hybridized carbons (Fsp3) is 0.562. The van der Waals surface area contributed by atoms with Crippen molar-refractivity contribution >= 4 is 25.5 Å². The Hall–Kier alpha value is -2.09. The molecular weight excluding hydrogens is 328 g/mol. The van der Waals surface area contributed by atoms with Gasteiger partial charge in [-0.25, -0.2) is 4.79 Å². The average molecular weight is 354 g/mol. The smallest absolute Gasteiger partial charge is 0.412 e. The van der Waals surface area contributed by atoms with Crippen LogP contribution in [-0.4, -0.2) is 31.8 Å². The number of nitro benzene ring substituents is 1. The minimum Gasteiger partial charge on any atom is -0.495 e. The molecule has 0 heterocycles.